The van der Waals surface area contributed by atoms with Crippen molar-refractivity contribution in [3.8, 4) is 0 Å². The van der Waals surface area contributed by atoms with E-state index in [1.54, 1.807) is 5.57 Å². The molecule has 0 radical (unpaired) electrons. The average Bonchev–Trinajstić information content (AvgIpc) is 2.72. The van der Waals surface area contributed by atoms with E-state index < -0.39 is 0 Å². The van der Waals surface area contributed by atoms with Crippen LogP contribution in [0.3, 0.4) is 0 Å². The summed E-state index contributed by atoms with van der Waals surface area (Å²) in [6.07, 6.45) is 24.4. The number of rotatable bonds is 14. The first kappa shape index (κ1) is 25.5. The molecule has 0 aliphatic carbocycles. The van der Waals surface area contributed by atoms with E-state index in [1.807, 2.05) is 0 Å². The first-order valence-corrected chi connectivity index (χ1v) is 12.1. The fourth-order valence-electron chi connectivity index (χ4n) is 4.28. The summed E-state index contributed by atoms with van der Waals surface area (Å²) in [5.74, 6) is 0. The van der Waals surface area contributed by atoms with Crippen LogP contribution in [-0.2, 0) is 0 Å². The lowest BCUT2D eigenvalue weighted by Gasteiger charge is -2.38. The average molecular weight is 398 g/mol. The molecular weight excluding hydrogens is 350 g/mol. The van der Waals surface area contributed by atoms with E-state index in [0.29, 0.717) is 6.04 Å². The van der Waals surface area contributed by atoms with E-state index in [2.05, 4.69) is 68.3 Å². The summed E-state index contributed by atoms with van der Waals surface area (Å²) in [5, 5.41) is 0. The normalized spacial score (nSPS) is 15.9. The Bertz CT molecular complexity index is 598. The van der Waals surface area contributed by atoms with Crippen LogP contribution in [0.15, 0.2) is 42.1 Å². The molecule has 0 bridgehead atoms. The highest BCUT2D eigenvalue weighted by molar-refractivity contribution is 5.75. The molecule has 1 aliphatic heterocycles. The van der Waals surface area contributed by atoms with Crippen molar-refractivity contribution in [2.24, 2.45) is 0 Å². The Morgan fingerprint density at radius 1 is 0.828 bits per heavy atom. The Labute approximate surface area is 182 Å². The molecule has 1 atom stereocenters. The van der Waals surface area contributed by atoms with Crippen molar-refractivity contribution in [1.82, 2.24) is 0 Å². The lowest BCUT2D eigenvalue weighted by molar-refractivity contribution is 0.557. The molecule has 0 fully saturated rings. The number of hydrogen-bond acceptors (Lipinski definition) is 1. The smallest absolute Gasteiger partial charge is 0.0549 e. The summed E-state index contributed by atoms with van der Waals surface area (Å²) < 4.78 is 0. The minimum atomic E-state index is 0. The molecule has 1 heterocycles. The number of unbranched alkanes of at least 4 members (excludes halogenated alkanes) is 8. The summed E-state index contributed by atoms with van der Waals surface area (Å²) in [5.41, 5.74) is 4.45. The Balaban J connectivity index is 0.00000420. The first-order valence-electron chi connectivity index (χ1n) is 12.1. The summed E-state index contributed by atoms with van der Waals surface area (Å²) in [6, 6.07) is 9.53. The van der Waals surface area contributed by atoms with Crippen molar-refractivity contribution in [3.63, 3.8) is 0 Å². The zero-order chi connectivity index (χ0) is 20.0. The second kappa shape index (κ2) is 15.4. The van der Waals surface area contributed by atoms with E-state index in [9.17, 15) is 0 Å². The zero-order valence-corrected chi connectivity index (χ0v) is 18.8. The van der Waals surface area contributed by atoms with Crippen molar-refractivity contribution in [1.29, 1.82) is 0 Å². The maximum Gasteiger partial charge on any atom is 0.0549 e. The van der Waals surface area contributed by atoms with E-state index >= 15 is 0 Å². The molecule has 0 spiro atoms. The zero-order valence-electron chi connectivity index (χ0n) is 18.8. The lowest BCUT2D eigenvalue weighted by Crippen LogP contribution is -2.35. The number of fused-ring (bicyclic) bond motifs is 1. The highest BCUT2D eigenvalue weighted by Gasteiger charge is 2.26. The van der Waals surface area contributed by atoms with Gasteiger partial charge in [-0.05, 0) is 49.3 Å². The second-order valence-electron chi connectivity index (χ2n) is 8.39. The SMILES string of the molecule is C.CCCCC/C=C/N1c2ccccc2C=C(CCCCC)C1CCCCCC. The standard InChI is InChI=1S/C27H43N.CH4/c1-4-7-10-12-17-22-28-26(20-14-11-8-5-2)24(18-13-9-6-3)23-25-19-15-16-21-27(25)28;/h15-17,19,21-23,26H,4-14,18,20H2,1-3H3;1H4/b22-17+;. The first-order chi connectivity index (χ1) is 13.8. The van der Waals surface area contributed by atoms with Gasteiger partial charge in [-0.2, -0.15) is 0 Å². The van der Waals surface area contributed by atoms with Gasteiger partial charge in [0.2, 0.25) is 0 Å². The maximum absolute atomic E-state index is 2.61. The van der Waals surface area contributed by atoms with Crippen molar-refractivity contribution in [2.75, 3.05) is 4.90 Å². The summed E-state index contributed by atoms with van der Waals surface area (Å²) in [6.45, 7) is 6.89. The molecule has 164 valence electrons. The molecule has 2 rings (SSSR count). The topological polar surface area (TPSA) is 3.24 Å². The van der Waals surface area contributed by atoms with Crippen molar-refractivity contribution < 1.29 is 0 Å². The molecule has 0 saturated heterocycles. The number of allylic oxidation sites excluding steroid dienone is 1. The van der Waals surface area contributed by atoms with Crippen LogP contribution in [-0.4, -0.2) is 6.04 Å². The largest absolute Gasteiger partial charge is 0.341 e. The van der Waals surface area contributed by atoms with Gasteiger partial charge in [0.1, 0.15) is 0 Å². The van der Waals surface area contributed by atoms with Crippen LogP contribution in [0.5, 0.6) is 0 Å². The van der Waals surface area contributed by atoms with Gasteiger partial charge in [0, 0.05) is 11.9 Å². The lowest BCUT2D eigenvalue weighted by atomic mass is 9.88. The number of anilines is 1. The van der Waals surface area contributed by atoms with E-state index in [0.717, 1.165) is 0 Å². The molecule has 1 unspecified atom stereocenters. The van der Waals surface area contributed by atoms with Gasteiger partial charge >= 0.3 is 0 Å². The third-order valence-electron chi connectivity index (χ3n) is 5.96. The quantitative estimate of drug-likeness (QED) is 0.282. The predicted molar refractivity (Wildman–Crippen MR) is 134 cm³/mol. The molecular formula is C28H47N. The van der Waals surface area contributed by atoms with Gasteiger partial charge in [-0.15, -0.1) is 0 Å². The summed E-state index contributed by atoms with van der Waals surface area (Å²) in [7, 11) is 0. The molecule has 1 aromatic rings. The van der Waals surface area contributed by atoms with Gasteiger partial charge in [0.15, 0.2) is 0 Å². The van der Waals surface area contributed by atoms with Gasteiger partial charge in [-0.1, -0.05) is 110 Å². The Hall–Kier alpha value is -1.50. The van der Waals surface area contributed by atoms with Crippen molar-refractivity contribution in [2.45, 2.75) is 118 Å². The fraction of sp³-hybridized carbons (Fsp3) is 0.643. The Kier molecular flexibility index (Phi) is 13.5. The third-order valence-corrected chi connectivity index (χ3v) is 5.96. The van der Waals surface area contributed by atoms with Crippen LogP contribution in [0.1, 0.15) is 117 Å². The summed E-state index contributed by atoms with van der Waals surface area (Å²) >= 11 is 0. The molecule has 1 aliphatic rings. The highest BCUT2D eigenvalue weighted by atomic mass is 15.2. The van der Waals surface area contributed by atoms with Crippen LogP contribution in [0, 0.1) is 0 Å². The minimum absolute atomic E-state index is 0. The molecule has 0 saturated carbocycles. The molecule has 1 heteroatoms. The molecule has 0 amide bonds. The Morgan fingerprint density at radius 3 is 2.28 bits per heavy atom. The second-order valence-corrected chi connectivity index (χ2v) is 8.39. The predicted octanol–water partition coefficient (Wildman–Crippen LogP) is 9.54. The third kappa shape index (κ3) is 8.41. The molecule has 0 aromatic heterocycles. The van der Waals surface area contributed by atoms with E-state index in [-0.39, 0.29) is 7.43 Å². The van der Waals surface area contributed by atoms with Crippen molar-refractivity contribution in [3.05, 3.63) is 47.7 Å². The monoisotopic (exact) mass is 397 g/mol. The van der Waals surface area contributed by atoms with E-state index in [1.165, 1.54) is 94.7 Å². The van der Waals surface area contributed by atoms with Crippen LogP contribution in [0.25, 0.3) is 6.08 Å². The van der Waals surface area contributed by atoms with Gasteiger partial charge in [-0.3, -0.25) is 0 Å². The van der Waals surface area contributed by atoms with Crippen molar-refractivity contribution >= 4 is 11.8 Å². The number of nitrogens with zero attached hydrogens (tertiary/aromatic N) is 1. The number of benzene rings is 1. The van der Waals surface area contributed by atoms with Gasteiger partial charge in [0.25, 0.3) is 0 Å². The van der Waals surface area contributed by atoms with Gasteiger partial charge in [0.05, 0.1) is 6.04 Å². The molecule has 1 aromatic carbocycles. The Morgan fingerprint density at radius 2 is 1.52 bits per heavy atom. The van der Waals surface area contributed by atoms with Crippen LogP contribution in [0.4, 0.5) is 5.69 Å². The number of hydrogen-bond donors (Lipinski definition) is 0. The molecule has 0 N–H and O–H groups in total. The van der Waals surface area contributed by atoms with Gasteiger partial charge < -0.3 is 4.90 Å². The summed E-state index contributed by atoms with van der Waals surface area (Å²) in [4.78, 5) is 2.61. The van der Waals surface area contributed by atoms with Gasteiger partial charge in [-0.25, -0.2) is 0 Å². The maximum atomic E-state index is 2.61. The minimum Gasteiger partial charge on any atom is -0.341 e. The van der Waals surface area contributed by atoms with Crippen LogP contribution < -0.4 is 4.90 Å². The highest BCUT2D eigenvalue weighted by Crippen LogP contribution is 2.37. The fourth-order valence-corrected chi connectivity index (χ4v) is 4.28. The van der Waals surface area contributed by atoms with Crippen LogP contribution in [0.2, 0.25) is 0 Å². The number of para-hydroxylation sites is 1. The van der Waals surface area contributed by atoms with E-state index in [4.69, 9.17) is 0 Å². The molecule has 1 nitrogen and oxygen atoms in total. The molecule has 29 heavy (non-hydrogen) atoms. The van der Waals surface area contributed by atoms with Crippen LogP contribution >= 0.6 is 0 Å².